The number of halogens is 1. The molecule has 0 amide bonds. The van der Waals surface area contributed by atoms with Gasteiger partial charge in [-0.2, -0.15) is 0 Å². The Labute approximate surface area is 37.1 Å². The summed E-state index contributed by atoms with van der Waals surface area (Å²) in [7, 11) is 0. The molecular weight excluding hydrogens is 85.5 g/mol. The fourth-order valence-corrected chi connectivity index (χ4v) is 0. The van der Waals surface area contributed by atoms with Gasteiger partial charge in [0.15, 0.2) is 0 Å². The average Bonchev–Trinajstić information content (AvgIpc) is 1.38. The smallest absolute Gasteiger partial charge is 0.0800 e. The monoisotopic (exact) mass is 92.0 g/mol. The van der Waals surface area contributed by atoms with Crippen LogP contribution in [0.3, 0.4) is 0 Å². The molecule has 1 nitrogen and oxygen atoms in total. The molecule has 0 spiro atoms. The molecule has 0 aromatic heterocycles. The second-order valence-corrected chi connectivity index (χ2v) is 1.37. The van der Waals surface area contributed by atoms with Gasteiger partial charge in [-0.3, -0.25) is 0 Å². The molecule has 2 N–H and O–H groups in total. The Morgan fingerprint density at radius 2 is 2.20 bits per heavy atom. The molecule has 1 atom stereocenters. The predicted octanol–water partition coefficient (Wildman–Crippen LogP) is 0.734. The van der Waals surface area contributed by atoms with E-state index in [9.17, 15) is 0 Å². The lowest BCUT2D eigenvalue weighted by Gasteiger charge is -1.88. The van der Waals surface area contributed by atoms with Crippen LogP contribution < -0.4 is 5.73 Å². The zero-order valence-electron chi connectivity index (χ0n) is 2.95. The lowest BCUT2D eigenvalue weighted by Crippen LogP contribution is -2.08. The Morgan fingerprint density at radius 3 is 2.20 bits per heavy atom. The van der Waals surface area contributed by atoms with Crippen molar-refractivity contribution in [2.75, 3.05) is 0 Å². The van der Waals surface area contributed by atoms with Gasteiger partial charge in [0, 0.05) is 0 Å². The molecule has 0 aliphatic carbocycles. The van der Waals surface area contributed by atoms with Crippen LogP contribution in [-0.2, 0) is 0 Å². The quantitative estimate of drug-likeness (QED) is 0.375. The Hall–Kier alpha value is 0.250. The minimum Gasteiger partial charge on any atom is -0.315 e. The molecule has 0 aromatic carbocycles. The summed E-state index contributed by atoms with van der Waals surface area (Å²) in [6, 6.07) is 0. The van der Waals surface area contributed by atoms with Crippen LogP contribution in [0.15, 0.2) is 0 Å². The summed E-state index contributed by atoms with van der Waals surface area (Å²) in [5.41, 5.74) is 4.74. The molecule has 0 heterocycles. The van der Waals surface area contributed by atoms with Crippen molar-refractivity contribution in [1.29, 1.82) is 0 Å². The normalized spacial score (nSPS) is 15.0. The van der Waals surface area contributed by atoms with E-state index in [0.29, 0.717) is 6.42 Å². The van der Waals surface area contributed by atoms with Crippen molar-refractivity contribution >= 4 is 11.6 Å². The zero-order valence-corrected chi connectivity index (χ0v) is 3.70. The third-order valence-electron chi connectivity index (χ3n) is 0.276. The van der Waals surface area contributed by atoms with Crippen LogP contribution in [0.2, 0.25) is 0 Å². The van der Waals surface area contributed by atoms with Crippen molar-refractivity contribution in [3.63, 3.8) is 0 Å². The Kier molecular flexibility index (Phi) is 2.61. The Bertz CT molecular complexity index is 20.9. The van der Waals surface area contributed by atoms with E-state index in [0.717, 1.165) is 0 Å². The van der Waals surface area contributed by atoms with Gasteiger partial charge >= 0.3 is 0 Å². The lowest BCUT2D eigenvalue weighted by atomic mass is 10.5. The van der Waals surface area contributed by atoms with Crippen molar-refractivity contribution < 1.29 is 0 Å². The molecule has 0 fully saturated rings. The predicted molar refractivity (Wildman–Crippen MR) is 23.8 cm³/mol. The first-order valence-corrected chi connectivity index (χ1v) is 1.90. The van der Waals surface area contributed by atoms with Gasteiger partial charge in [0.1, 0.15) is 0 Å². The molecule has 0 aliphatic rings. The van der Waals surface area contributed by atoms with E-state index in [4.69, 9.17) is 17.3 Å². The highest BCUT2D eigenvalue weighted by Crippen LogP contribution is 1.86. The average molecular weight is 92.5 g/mol. The highest BCUT2D eigenvalue weighted by molar-refractivity contribution is 6.20. The van der Waals surface area contributed by atoms with Gasteiger partial charge in [0.2, 0.25) is 0 Å². The van der Waals surface area contributed by atoms with E-state index in [1.165, 1.54) is 0 Å². The minimum absolute atomic E-state index is 0.255. The number of nitrogens with two attached hydrogens (primary N) is 1. The van der Waals surface area contributed by atoms with E-state index >= 15 is 0 Å². The summed E-state index contributed by atoms with van der Waals surface area (Å²) in [6.07, 6.45) is 0.599. The van der Waals surface area contributed by atoms with Gasteiger partial charge < -0.3 is 5.73 Å². The van der Waals surface area contributed by atoms with E-state index in [1.807, 2.05) is 0 Å². The first kappa shape index (κ1) is 5.25. The fourth-order valence-electron chi connectivity index (χ4n) is 0. The lowest BCUT2D eigenvalue weighted by molar-refractivity contribution is 0.919. The molecule has 0 aromatic rings. The Balaban J connectivity index is 2.54. The summed E-state index contributed by atoms with van der Waals surface area (Å²) in [4.78, 5) is 0. The molecule has 5 heavy (non-hydrogen) atoms. The van der Waals surface area contributed by atoms with Crippen molar-refractivity contribution in [3.05, 3.63) is 6.92 Å². The number of hydrogen-bond donors (Lipinski definition) is 1. The summed E-state index contributed by atoms with van der Waals surface area (Å²) >= 11 is 5.18. The van der Waals surface area contributed by atoms with E-state index in [2.05, 4.69) is 6.92 Å². The van der Waals surface area contributed by atoms with Crippen LogP contribution in [0.4, 0.5) is 0 Å². The highest BCUT2D eigenvalue weighted by atomic mass is 35.5. The van der Waals surface area contributed by atoms with Crippen LogP contribution in [0, 0.1) is 6.92 Å². The van der Waals surface area contributed by atoms with Gasteiger partial charge in [0.05, 0.1) is 5.50 Å². The van der Waals surface area contributed by atoms with Crippen LogP contribution in [0.5, 0.6) is 0 Å². The molecule has 1 unspecified atom stereocenters. The molecule has 0 bridgehead atoms. The first-order chi connectivity index (χ1) is 2.27. The minimum atomic E-state index is -0.255. The van der Waals surface area contributed by atoms with Crippen LogP contribution >= 0.6 is 11.6 Å². The number of hydrogen-bond acceptors (Lipinski definition) is 1. The van der Waals surface area contributed by atoms with E-state index < -0.39 is 0 Å². The van der Waals surface area contributed by atoms with E-state index in [1.54, 1.807) is 0 Å². The largest absolute Gasteiger partial charge is 0.315 e. The SMILES string of the molecule is [CH2]CC(N)Cl. The third kappa shape index (κ3) is 4.25. The maximum atomic E-state index is 5.18. The van der Waals surface area contributed by atoms with Crippen molar-refractivity contribution in [2.24, 2.45) is 5.73 Å². The number of alkyl halides is 1. The third-order valence-corrected chi connectivity index (χ3v) is 0.494. The molecule has 0 saturated heterocycles. The molecule has 31 valence electrons. The Morgan fingerprint density at radius 1 is 2.00 bits per heavy atom. The second kappa shape index (κ2) is 2.49. The first-order valence-electron chi connectivity index (χ1n) is 1.46. The summed E-state index contributed by atoms with van der Waals surface area (Å²) in [6.45, 7) is 3.43. The summed E-state index contributed by atoms with van der Waals surface area (Å²) < 4.78 is 0. The van der Waals surface area contributed by atoms with Crippen molar-refractivity contribution in [2.45, 2.75) is 11.9 Å². The van der Waals surface area contributed by atoms with Crippen LogP contribution in [0.25, 0.3) is 0 Å². The molecular formula is C3H7ClN. The summed E-state index contributed by atoms with van der Waals surface area (Å²) in [5.74, 6) is 0. The topological polar surface area (TPSA) is 26.0 Å². The van der Waals surface area contributed by atoms with Gasteiger partial charge in [-0.25, -0.2) is 0 Å². The molecule has 1 radical (unpaired) electrons. The molecule has 0 aliphatic heterocycles. The maximum absolute atomic E-state index is 5.18. The molecule has 0 saturated carbocycles. The second-order valence-electron chi connectivity index (χ2n) is 0.805. The van der Waals surface area contributed by atoms with Crippen molar-refractivity contribution in [1.82, 2.24) is 0 Å². The van der Waals surface area contributed by atoms with Gasteiger partial charge in [-0.15, -0.1) is 11.6 Å². The van der Waals surface area contributed by atoms with Gasteiger partial charge in [-0.1, -0.05) is 6.92 Å². The van der Waals surface area contributed by atoms with Crippen LogP contribution in [-0.4, -0.2) is 5.50 Å². The number of rotatable bonds is 1. The standard InChI is InChI=1S/C3H7ClN/c1-2-3(4)5/h3H,1-2,5H2. The van der Waals surface area contributed by atoms with Gasteiger partial charge in [0.25, 0.3) is 0 Å². The highest BCUT2D eigenvalue weighted by Gasteiger charge is 1.83. The van der Waals surface area contributed by atoms with Crippen LogP contribution in [0.1, 0.15) is 6.42 Å². The van der Waals surface area contributed by atoms with E-state index in [-0.39, 0.29) is 5.50 Å². The van der Waals surface area contributed by atoms with Crippen molar-refractivity contribution in [3.8, 4) is 0 Å². The van der Waals surface area contributed by atoms with Gasteiger partial charge in [-0.05, 0) is 6.42 Å². The maximum Gasteiger partial charge on any atom is 0.0800 e. The fraction of sp³-hybridized carbons (Fsp3) is 0.667. The molecule has 2 heteroatoms. The summed E-state index contributed by atoms with van der Waals surface area (Å²) in [5, 5.41) is 0. The zero-order chi connectivity index (χ0) is 4.28. The molecule has 0 rings (SSSR count).